The summed E-state index contributed by atoms with van der Waals surface area (Å²) in [6.07, 6.45) is 0. The van der Waals surface area contributed by atoms with Gasteiger partial charge in [-0.3, -0.25) is 0 Å². The van der Waals surface area contributed by atoms with Gasteiger partial charge in [0.15, 0.2) is 11.6 Å². The summed E-state index contributed by atoms with van der Waals surface area (Å²) in [5.41, 5.74) is 30.5. The van der Waals surface area contributed by atoms with Gasteiger partial charge in [-0.25, -0.2) is 19.9 Å². The van der Waals surface area contributed by atoms with Crippen LogP contribution in [0.3, 0.4) is 0 Å². The fourth-order valence-corrected chi connectivity index (χ4v) is 18.3. The third-order valence-electron chi connectivity index (χ3n) is 23.1. The number of ether oxygens (including phenoxy) is 2. The van der Waals surface area contributed by atoms with Crippen LogP contribution in [-0.2, 0) is 10.8 Å². The van der Waals surface area contributed by atoms with E-state index in [1.807, 2.05) is 6.07 Å². The van der Waals surface area contributed by atoms with Crippen molar-refractivity contribution in [2.75, 3.05) is 0 Å². The second-order valence-corrected chi connectivity index (χ2v) is 28.9. The molecule has 0 saturated heterocycles. The standard InChI is InChI=1S/C104H64N4O2/c1-3-27-66(28-4-1)74-32-9-12-37-80(74)95-64-93(106-102(108-95)82-39-14-11-34-76(82)71-56-58-89-98(61-71)109-96-48-23-21-45-87(96)103(89)84-42-18-15-35-78(84)79-36-16-19-43-85(79)103)69-53-51-67(52-54-69)77-41-25-47-91-100(77)83-40-17-20-44-86(83)104(91)88-46-22-24-49-97(88)110-99-62-72(57-59-90(99)104)75-33-10-13-38-81(75)101-105-92(68-29-5-2-6-30-68)63-94(107-101)73-55-50-65-26-7-8-31-70(65)60-73/h1-64H. The lowest BCUT2D eigenvalue weighted by Gasteiger charge is -2.39. The average Bonchev–Trinajstić information content (AvgIpc) is 1.52. The van der Waals surface area contributed by atoms with Gasteiger partial charge in [-0.1, -0.05) is 346 Å². The molecule has 0 saturated carbocycles. The maximum Gasteiger partial charge on any atom is 0.161 e. The summed E-state index contributed by atoms with van der Waals surface area (Å²) in [5, 5.41) is 2.34. The van der Waals surface area contributed by atoms with Gasteiger partial charge in [0.1, 0.15) is 23.0 Å². The lowest BCUT2D eigenvalue weighted by Crippen LogP contribution is -2.32. The van der Waals surface area contributed by atoms with Gasteiger partial charge in [-0.05, 0) is 142 Å². The van der Waals surface area contributed by atoms with Crippen LogP contribution < -0.4 is 9.47 Å². The first kappa shape index (κ1) is 62.9. The molecule has 1 atom stereocenters. The molecule has 4 heterocycles. The molecule has 2 aliphatic carbocycles. The maximum atomic E-state index is 7.21. The number of hydrogen-bond acceptors (Lipinski definition) is 6. The van der Waals surface area contributed by atoms with Crippen LogP contribution in [-0.4, -0.2) is 19.9 Å². The van der Waals surface area contributed by atoms with E-state index in [-0.39, 0.29) is 0 Å². The molecule has 2 aliphatic heterocycles. The van der Waals surface area contributed by atoms with Crippen LogP contribution in [0.1, 0.15) is 44.5 Å². The minimum atomic E-state index is -0.736. The molecular weight excluding hydrogens is 1340 g/mol. The Labute approximate surface area is 637 Å². The molecule has 4 aliphatic rings. The predicted octanol–water partition coefficient (Wildman–Crippen LogP) is 26.0. The van der Waals surface area contributed by atoms with E-state index in [1.165, 1.54) is 49.9 Å². The zero-order valence-electron chi connectivity index (χ0n) is 59.6. The quantitative estimate of drug-likeness (QED) is 0.136. The molecule has 22 rings (SSSR count). The van der Waals surface area contributed by atoms with Gasteiger partial charge in [0.2, 0.25) is 0 Å². The van der Waals surface area contributed by atoms with E-state index >= 15 is 0 Å². The Morgan fingerprint density at radius 2 is 0.518 bits per heavy atom. The minimum absolute atomic E-state index is 0.581. The van der Waals surface area contributed by atoms with Crippen molar-refractivity contribution in [2.45, 2.75) is 10.8 Å². The van der Waals surface area contributed by atoms with E-state index in [0.717, 1.165) is 151 Å². The minimum Gasteiger partial charge on any atom is -0.457 e. The molecule has 0 fully saturated rings. The van der Waals surface area contributed by atoms with E-state index in [2.05, 4.69) is 382 Å². The van der Waals surface area contributed by atoms with Gasteiger partial charge in [0.25, 0.3) is 0 Å². The Kier molecular flexibility index (Phi) is 14.3. The second kappa shape index (κ2) is 25.1. The van der Waals surface area contributed by atoms with Crippen LogP contribution in [0, 0.1) is 0 Å². The van der Waals surface area contributed by atoms with Crippen molar-refractivity contribution in [3.05, 3.63) is 433 Å². The number of rotatable bonds is 10. The summed E-state index contributed by atoms with van der Waals surface area (Å²) in [6, 6.07) is 139. The summed E-state index contributed by atoms with van der Waals surface area (Å²) in [7, 11) is 0. The monoisotopic (exact) mass is 1400 g/mol. The first-order chi connectivity index (χ1) is 54.5. The number of fused-ring (bicyclic) bond motifs is 19. The highest BCUT2D eigenvalue weighted by molar-refractivity contribution is 5.99. The van der Waals surface area contributed by atoms with Gasteiger partial charge in [0.05, 0.1) is 33.6 Å². The van der Waals surface area contributed by atoms with Crippen molar-refractivity contribution >= 4 is 10.8 Å². The smallest absolute Gasteiger partial charge is 0.161 e. The molecule has 110 heavy (non-hydrogen) atoms. The molecule has 512 valence electrons. The van der Waals surface area contributed by atoms with Crippen molar-refractivity contribution in [1.82, 2.24) is 19.9 Å². The fraction of sp³-hybridized carbons (Fsp3) is 0.0192. The molecule has 0 N–H and O–H groups in total. The van der Waals surface area contributed by atoms with Crippen molar-refractivity contribution in [3.63, 3.8) is 0 Å². The first-order valence-electron chi connectivity index (χ1n) is 37.6. The molecule has 2 spiro atoms. The van der Waals surface area contributed by atoms with Gasteiger partial charge >= 0.3 is 0 Å². The van der Waals surface area contributed by atoms with Crippen molar-refractivity contribution in [2.24, 2.45) is 0 Å². The average molecular weight is 1400 g/mol. The van der Waals surface area contributed by atoms with Crippen LogP contribution in [0.5, 0.6) is 23.0 Å². The largest absolute Gasteiger partial charge is 0.457 e. The zero-order chi connectivity index (χ0) is 72.4. The number of para-hydroxylation sites is 2. The highest BCUT2D eigenvalue weighted by atomic mass is 16.5. The zero-order valence-corrected chi connectivity index (χ0v) is 59.6. The van der Waals surface area contributed by atoms with Crippen molar-refractivity contribution in [1.29, 1.82) is 0 Å². The van der Waals surface area contributed by atoms with Crippen molar-refractivity contribution in [3.8, 4) is 158 Å². The molecule has 16 aromatic carbocycles. The maximum absolute atomic E-state index is 7.21. The van der Waals surface area contributed by atoms with E-state index in [1.54, 1.807) is 0 Å². The van der Waals surface area contributed by atoms with E-state index < -0.39 is 10.8 Å². The van der Waals surface area contributed by atoms with Crippen LogP contribution >= 0.6 is 0 Å². The molecule has 18 aromatic rings. The third kappa shape index (κ3) is 9.69. The SMILES string of the molecule is c1ccc(-c2cc(-c3ccc4ccccc4c3)nc(-c3ccccc3-c3ccc4c(c3)Oc3ccccc3C43c4ccccc4-c4c(-c5ccc(-c6cc(-c7ccccc7-c7ccccc7)nc(-c7ccccc7-c7ccc8c(c7)Oc7ccccc7C87c8ccccc8-c8ccccc87)n6)cc5)cccc43)n2)cc1. The van der Waals surface area contributed by atoms with Crippen molar-refractivity contribution < 1.29 is 9.47 Å². The van der Waals surface area contributed by atoms with E-state index in [4.69, 9.17) is 29.4 Å². The lowest BCUT2D eigenvalue weighted by atomic mass is 9.66. The molecule has 2 aromatic heterocycles. The second-order valence-electron chi connectivity index (χ2n) is 28.9. The van der Waals surface area contributed by atoms with Gasteiger partial charge in [0, 0.05) is 55.6 Å². The fourth-order valence-electron chi connectivity index (χ4n) is 18.3. The summed E-state index contributed by atoms with van der Waals surface area (Å²) in [6.45, 7) is 0. The van der Waals surface area contributed by atoms with Crippen LogP contribution in [0.15, 0.2) is 388 Å². The molecule has 6 nitrogen and oxygen atoms in total. The summed E-state index contributed by atoms with van der Waals surface area (Å²) >= 11 is 0. The molecule has 1 unspecified atom stereocenters. The number of benzene rings is 16. The summed E-state index contributed by atoms with van der Waals surface area (Å²) in [5.74, 6) is 4.53. The first-order valence-corrected chi connectivity index (χ1v) is 37.6. The predicted molar refractivity (Wildman–Crippen MR) is 444 cm³/mol. The Morgan fingerprint density at radius 3 is 1.09 bits per heavy atom. The van der Waals surface area contributed by atoms with Crippen LogP contribution in [0.25, 0.3) is 145 Å². The highest BCUT2D eigenvalue weighted by Crippen LogP contribution is 2.65. The third-order valence-corrected chi connectivity index (χ3v) is 23.1. The molecule has 0 radical (unpaired) electrons. The van der Waals surface area contributed by atoms with Gasteiger partial charge in [-0.2, -0.15) is 0 Å². The molecular formula is C104H64N4O2. The van der Waals surface area contributed by atoms with Gasteiger partial charge < -0.3 is 9.47 Å². The van der Waals surface area contributed by atoms with E-state index in [9.17, 15) is 0 Å². The van der Waals surface area contributed by atoms with E-state index in [0.29, 0.717) is 11.6 Å². The summed E-state index contributed by atoms with van der Waals surface area (Å²) in [4.78, 5) is 22.0. The highest BCUT2D eigenvalue weighted by Gasteiger charge is 2.53. The summed E-state index contributed by atoms with van der Waals surface area (Å²) < 4.78 is 14.3. The Bertz CT molecular complexity index is 6760. The number of nitrogens with zero attached hydrogens (tertiary/aromatic N) is 4. The topological polar surface area (TPSA) is 70.0 Å². The lowest BCUT2D eigenvalue weighted by molar-refractivity contribution is 0.436. The number of hydrogen-bond donors (Lipinski definition) is 0. The molecule has 6 heteroatoms. The number of aromatic nitrogens is 4. The molecule has 0 amide bonds. The van der Waals surface area contributed by atoms with Gasteiger partial charge in [-0.15, -0.1) is 0 Å². The van der Waals surface area contributed by atoms with Crippen LogP contribution in [0.2, 0.25) is 0 Å². The Morgan fingerprint density at radius 1 is 0.173 bits per heavy atom. The Hall–Kier alpha value is -14.5. The Balaban J connectivity index is 0.658. The normalized spacial score (nSPS) is 14.1. The molecule has 0 bridgehead atoms. The van der Waals surface area contributed by atoms with Crippen LogP contribution in [0.4, 0.5) is 0 Å².